The molecule has 5 nitrogen and oxygen atoms in total. The summed E-state index contributed by atoms with van der Waals surface area (Å²) in [6, 6.07) is 2.16. The third-order valence-electron chi connectivity index (χ3n) is 2.36. The molecule has 0 aliphatic rings. The van der Waals surface area contributed by atoms with E-state index in [1.165, 1.54) is 12.3 Å². The molecule has 0 spiro atoms. The Kier molecular flexibility index (Phi) is 4.02. The number of benzene rings is 1. The standard InChI is InChI=1S/C11H10F2N2O3S2/c1-6(16)9-5-19-11(14-9)15-20(17,18)10-3-2-7(12)4-8(10)13/h2-6,16H,1H3,(H,14,15). The molecular weight excluding hydrogens is 310 g/mol. The van der Waals surface area contributed by atoms with Crippen LogP contribution in [0.15, 0.2) is 28.5 Å². The van der Waals surface area contributed by atoms with E-state index in [2.05, 4.69) is 9.71 Å². The van der Waals surface area contributed by atoms with Crippen molar-refractivity contribution in [1.29, 1.82) is 0 Å². The molecule has 1 unspecified atom stereocenters. The lowest BCUT2D eigenvalue weighted by atomic mass is 10.3. The third kappa shape index (κ3) is 3.11. The number of hydrogen-bond donors (Lipinski definition) is 2. The maximum atomic E-state index is 13.5. The van der Waals surface area contributed by atoms with E-state index in [0.717, 1.165) is 23.5 Å². The van der Waals surface area contributed by atoms with Crippen LogP contribution < -0.4 is 4.72 Å². The molecule has 0 bridgehead atoms. The maximum Gasteiger partial charge on any atom is 0.266 e. The number of aliphatic hydroxyl groups is 1. The van der Waals surface area contributed by atoms with Crippen LogP contribution in [0.2, 0.25) is 0 Å². The van der Waals surface area contributed by atoms with Gasteiger partial charge in [0.15, 0.2) is 5.13 Å². The summed E-state index contributed by atoms with van der Waals surface area (Å²) in [5.41, 5.74) is 0.298. The number of halogens is 2. The van der Waals surface area contributed by atoms with E-state index in [0.29, 0.717) is 11.8 Å². The Labute approximate surface area is 118 Å². The minimum atomic E-state index is -4.20. The summed E-state index contributed by atoms with van der Waals surface area (Å²) in [7, 11) is -4.20. The van der Waals surface area contributed by atoms with Gasteiger partial charge in [-0.2, -0.15) is 0 Å². The Morgan fingerprint density at radius 2 is 2.10 bits per heavy atom. The first-order valence-corrected chi connectivity index (χ1v) is 7.77. The number of hydrogen-bond acceptors (Lipinski definition) is 5. The zero-order chi connectivity index (χ0) is 14.9. The second-order valence-corrected chi connectivity index (χ2v) is 6.44. The number of nitrogens with zero attached hydrogens (tertiary/aromatic N) is 1. The fourth-order valence-corrected chi connectivity index (χ4v) is 3.50. The molecule has 1 aromatic heterocycles. The van der Waals surface area contributed by atoms with Crippen LogP contribution in [0.4, 0.5) is 13.9 Å². The van der Waals surface area contributed by atoms with E-state index >= 15 is 0 Å². The van der Waals surface area contributed by atoms with Crippen molar-refractivity contribution in [3.05, 3.63) is 40.9 Å². The molecule has 2 N–H and O–H groups in total. The molecule has 108 valence electrons. The lowest BCUT2D eigenvalue weighted by Gasteiger charge is -2.06. The van der Waals surface area contributed by atoms with Crippen molar-refractivity contribution in [3.63, 3.8) is 0 Å². The topological polar surface area (TPSA) is 79.3 Å². The minimum Gasteiger partial charge on any atom is -0.387 e. The van der Waals surface area contributed by atoms with Crippen LogP contribution in [0, 0.1) is 11.6 Å². The second-order valence-electron chi connectivity index (χ2n) is 3.93. The first-order valence-electron chi connectivity index (χ1n) is 5.41. The highest BCUT2D eigenvalue weighted by Gasteiger charge is 2.21. The van der Waals surface area contributed by atoms with Gasteiger partial charge in [-0.3, -0.25) is 4.72 Å². The average Bonchev–Trinajstić information content (AvgIpc) is 2.76. The Morgan fingerprint density at radius 3 is 2.65 bits per heavy atom. The highest BCUT2D eigenvalue weighted by atomic mass is 32.2. The molecule has 0 aliphatic heterocycles. The van der Waals surface area contributed by atoms with Crippen molar-refractivity contribution in [1.82, 2.24) is 4.98 Å². The molecule has 2 rings (SSSR count). The van der Waals surface area contributed by atoms with Crippen LogP contribution in [-0.2, 0) is 10.0 Å². The van der Waals surface area contributed by atoms with Gasteiger partial charge in [-0.05, 0) is 19.1 Å². The van der Waals surface area contributed by atoms with Crippen LogP contribution in [-0.4, -0.2) is 18.5 Å². The lowest BCUT2D eigenvalue weighted by molar-refractivity contribution is 0.195. The normalized spacial score (nSPS) is 13.2. The van der Waals surface area contributed by atoms with Gasteiger partial charge in [0, 0.05) is 11.4 Å². The molecule has 0 saturated heterocycles. The molecule has 0 fully saturated rings. The molecule has 2 aromatic rings. The smallest absolute Gasteiger partial charge is 0.266 e. The summed E-state index contributed by atoms with van der Waals surface area (Å²) < 4.78 is 52.2. The second kappa shape index (κ2) is 5.43. The number of aromatic nitrogens is 1. The van der Waals surface area contributed by atoms with Crippen LogP contribution in [0.25, 0.3) is 0 Å². The average molecular weight is 320 g/mol. The quantitative estimate of drug-likeness (QED) is 0.906. The molecule has 1 atom stereocenters. The number of thiazole rings is 1. The number of rotatable bonds is 4. The Morgan fingerprint density at radius 1 is 1.40 bits per heavy atom. The van der Waals surface area contributed by atoms with Gasteiger partial charge in [0.2, 0.25) is 0 Å². The van der Waals surface area contributed by atoms with Gasteiger partial charge in [-0.1, -0.05) is 0 Å². The van der Waals surface area contributed by atoms with Crippen molar-refractivity contribution in [2.45, 2.75) is 17.9 Å². The highest BCUT2D eigenvalue weighted by Crippen LogP contribution is 2.24. The maximum absolute atomic E-state index is 13.5. The van der Waals surface area contributed by atoms with Gasteiger partial charge in [-0.15, -0.1) is 11.3 Å². The fourth-order valence-electron chi connectivity index (χ4n) is 1.39. The predicted molar refractivity (Wildman–Crippen MR) is 69.9 cm³/mol. The molecule has 0 amide bonds. The van der Waals surface area contributed by atoms with E-state index in [4.69, 9.17) is 0 Å². The van der Waals surface area contributed by atoms with Crippen LogP contribution in [0.3, 0.4) is 0 Å². The minimum absolute atomic E-state index is 0.00961. The van der Waals surface area contributed by atoms with Gasteiger partial charge in [0.25, 0.3) is 10.0 Å². The first kappa shape index (κ1) is 14.8. The fraction of sp³-hybridized carbons (Fsp3) is 0.182. The summed E-state index contributed by atoms with van der Waals surface area (Å²) in [6.45, 7) is 1.48. The van der Waals surface area contributed by atoms with Gasteiger partial charge < -0.3 is 5.11 Å². The van der Waals surface area contributed by atoms with Crippen LogP contribution in [0.1, 0.15) is 18.7 Å². The highest BCUT2D eigenvalue weighted by molar-refractivity contribution is 7.93. The number of aliphatic hydroxyl groups excluding tert-OH is 1. The van der Waals surface area contributed by atoms with Crippen molar-refractivity contribution < 1.29 is 22.3 Å². The van der Waals surface area contributed by atoms with Crippen molar-refractivity contribution in [2.75, 3.05) is 4.72 Å². The summed E-state index contributed by atoms with van der Waals surface area (Å²) in [5.74, 6) is -2.06. The van der Waals surface area contributed by atoms with Gasteiger partial charge in [0.05, 0.1) is 11.8 Å². The van der Waals surface area contributed by atoms with Crippen molar-refractivity contribution >= 4 is 26.5 Å². The summed E-state index contributed by atoms with van der Waals surface area (Å²) >= 11 is 0.951. The van der Waals surface area contributed by atoms with Gasteiger partial charge >= 0.3 is 0 Å². The van der Waals surface area contributed by atoms with E-state index in [-0.39, 0.29) is 5.13 Å². The van der Waals surface area contributed by atoms with Crippen LogP contribution >= 0.6 is 11.3 Å². The molecule has 0 radical (unpaired) electrons. The summed E-state index contributed by atoms with van der Waals surface area (Å²) in [6.07, 6.45) is -0.841. The largest absolute Gasteiger partial charge is 0.387 e. The molecule has 0 aliphatic carbocycles. The Balaban J connectivity index is 2.30. The molecule has 1 heterocycles. The Hall–Kier alpha value is -1.58. The summed E-state index contributed by atoms with van der Waals surface area (Å²) in [5, 5.41) is 10.8. The van der Waals surface area contributed by atoms with Crippen molar-refractivity contribution in [3.8, 4) is 0 Å². The number of sulfonamides is 1. The molecule has 20 heavy (non-hydrogen) atoms. The van der Waals surface area contributed by atoms with Crippen molar-refractivity contribution in [2.24, 2.45) is 0 Å². The molecular formula is C11H10F2N2O3S2. The first-order chi connectivity index (χ1) is 9.29. The summed E-state index contributed by atoms with van der Waals surface area (Å²) in [4.78, 5) is 3.18. The van der Waals surface area contributed by atoms with E-state index in [1.807, 2.05) is 0 Å². The van der Waals surface area contributed by atoms with E-state index in [9.17, 15) is 22.3 Å². The number of nitrogens with one attached hydrogen (secondary N) is 1. The zero-order valence-electron chi connectivity index (χ0n) is 10.2. The van der Waals surface area contributed by atoms with E-state index in [1.54, 1.807) is 0 Å². The van der Waals surface area contributed by atoms with E-state index < -0.39 is 32.7 Å². The van der Waals surface area contributed by atoms with Gasteiger partial charge in [-0.25, -0.2) is 22.2 Å². The van der Waals surface area contributed by atoms with Crippen LogP contribution in [0.5, 0.6) is 0 Å². The molecule has 0 saturated carbocycles. The SMILES string of the molecule is CC(O)c1csc(NS(=O)(=O)c2ccc(F)cc2F)n1. The molecule has 1 aromatic carbocycles. The predicted octanol–water partition coefficient (Wildman–Crippen LogP) is 2.28. The number of anilines is 1. The zero-order valence-corrected chi connectivity index (χ0v) is 11.8. The molecule has 9 heteroatoms. The Bertz CT molecular complexity index is 729. The van der Waals surface area contributed by atoms with Gasteiger partial charge in [0.1, 0.15) is 16.5 Å². The lowest BCUT2D eigenvalue weighted by Crippen LogP contribution is -2.14. The third-order valence-corrected chi connectivity index (χ3v) is 4.63. The monoisotopic (exact) mass is 320 g/mol.